The van der Waals surface area contributed by atoms with E-state index in [9.17, 15) is 26.7 Å². The lowest BCUT2D eigenvalue weighted by molar-refractivity contribution is -0.151. The lowest BCUT2D eigenvalue weighted by Gasteiger charge is -2.49. The fourth-order valence-corrected chi connectivity index (χ4v) is 5.20. The van der Waals surface area contributed by atoms with Gasteiger partial charge in [-0.2, -0.15) is 13.2 Å². The summed E-state index contributed by atoms with van der Waals surface area (Å²) in [5.41, 5.74) is 3.17. The number of hydrogen-bond acceptors (Lipinski definition) is 5. The summed E-state index contributed by atoms with van der Waals surface area (Å²) in [5.74, 6) is -3.90. The molecule has 0 spiro atoms. The number of benzene rings is 2. The highest BCUT2D eigenvalue weighted by Gasteiger charge is 2.62. The Morgan fingerprint density at radius 1 is 1.21 bits per heavy atom. The van der Waals surface area contributed by atoms with Gasteiger partial charge in [-0.15, -0.1) is 10.2 Å². The molecule has 1 saturated carbocycles. The van der Waals surface area contributed by atoms with Gasteiger partial charge in [0.2, 0.25) is 5.92 Å². The van der Waals surface area contributed by atoms with Gasteiger partial charge < -0.3 is 20.3 Å². The van der Waals surface area contributed by atoms with Gasteiger partial charge in [0.1, 0.15) is 6.33 Å². The van der Waals surface area contributed by atoms with Crippen molar-refractivity contribution in [3.63, 3.8) is 0 Å². The van der Waals surface area contributed by atoms with E-state index in [-0.39, 0.29) is 53.3 Å². The molecule has 1 aliphatic carbocycles. The van der Waals surface area contributed by atoms with Crippen LogP contribution in [0.25, 0.3) is 0 Å². The Kier molecular flexibility index (Phi) is 7.19. The van der Waals surface area contributed by atoms with E-state index in [0.717, 1.165) is 11.0 Å². The topological polar surface area (TPSA) is 114 Å². The number of aryl methyl sites for hydroxylation is 1. The zero-order valence-corrected chi connectivity index (χ0v) is 20.4. The summed E-state index contributed by atoms with van der Waals surface area (Å²) in [5, 5.41) is 14.3. The first-order valence-corrected chi connectivity index (χ1v) is 11.6. The molecule has 2 aromatic carbocycles. The molecule has 14 heteroatoms. The van der Waals surface area contributed by atoms with Crippen LogP contribution < -0.4 is 10.6 Å². The second-order valence-corrected chi connectivity index (χ2v) is 9.45. The van der Waals surface area contributed by atoms with Crippen LogP contribution in [0.15, 0.2) is 42.7 Å². The second-order valence-electron chi connectivity index (χ2n) is 9.45. The highest BCUT2D eigenvalue weighted by molar-refractivity contribution is 6.10. The molecule has 8 nitrogen and oxygen atoms in total. The van der Waals surface area contributed by atoms with Crippen molar-refractivity contribution in [1.82, 2.24) is 14.8 Å². The van der Waals surface area contributed by atoms with Crippen molar-refractivity contribution in [2.45, 2.75) is 49.6 Å². The van der Waals surface area contributed by atoms with E-state index in [4.69, 9.17) is 15.6 Å². The van der Waals surface area contributed by atoms with Gasteiger partial charge in [-0.3, -0.25) is 9.59 Å². The van der Waals surface area contributed by atoms with Crippen molar-refractivity contribution in [1.29, 1.82) is 0 Å². The summed E-state index contributed by atoms with van der Waals surface area (Å²) in [4.78, 5) is 22.6. The highest BCUT2D eigenvalue weighted by Crippen LogP contribution is 2.60. The molecule has 1 fully saturated rings. The van der Waals surface area contributed by atoms with E-state index < -0.39 is 48.0 Å². The average Bonchev–Trinajstić information content (AvgIpc) is 3.44. The van der Waals surface area contributed by atoms with E-state index in [0.29, 0.717) is 0 Å². The number of carboxylic acid groups (broad SMARTS) is 1. The van der Waals surface area contributed by atoms with E-state index >= 15 is 4.39 Å². The van der Waals surface area contributed by atoms with Crippen LogP contribution in [0.3, 0.4) is 0 Å². The normalized spacial score (nSPS) is 18.1. The number of amides is 1. The number of aromatic nitrogens is 3. The molecule has 0 saturated heterocycles. The van der Waals surface area contributed by atoms with Crippen LogP contribution >= 0.6 is 0 Å². The summed E-state index contributed by atoms with van der Waals surface area (Å²) in [6.45, 7) is -0.807. The minimum absolute atomic E-state index is 0.121. The molecule has 1 amide bonds. The SMILES string of the molecule is Cn1cnnc1[C@@H](F)C1(c2cccc(N3Cc4c(cc(CN)cc4C(F)(F)F)C3=O)c2)CC(F)(F)C1.O=CO. The molecule has 39 heavy (non-hydrogen) atoms. The van der Waals surface area contributed by atoms with Crippen LogP contribution in [0.1, 0.15) is 57.4 Å². The molecule has 1 aliphatic heterocycles. The number of carbonyl (C=O) groups excluding carboxylic acids is 1. The molecule has 0 radical (unpaired) electrons. The van der Waals surface area contributed by atoms with Crippen molar-refractivity contribution in [3.8, 4) is 0 Å². The van der Waals surface area contributed by atoms with Crippen LogP contribution in [0, 0.1) is 0 Å². The molecule has 2 aliphatic rings. The number of hydrogen-bond donors (Lipinski definition) is 2. The smallest absolute Gasteiger partial charge is 0.416 e. The minimum Gasteiger partial charge on any atom is -0.483 e. The van der Waals surface area contributed by atoms with Gasteiger partial charge in [0.15, 0.2) is 12.0 Å². The maximum absolute atomic E-state index is 15.8. The van der Waals surface area contributed by atoms with Crippen LogP contribution in [0.2, 0.25) is 0 Å². The van der Waals surface area contributed by atoms with Gasteiger partial charge in [-0.25, -0.2) is 13.2 Å². The van der Waals surface area contributed by atoms with Gasteiger partial charge in [-0.1, -0.05) is 12.1 Å². The number of alkyl halides is 6. The van der Waals surface area contributed by atoms with Gasteiger partial charge in [-0.05, 0) is 41.0 Å². The van der Waals surface area contributed by atoms with Gasteiger partial charge in [0.05, 0.1) is 12.1 Å². The van der Waals surface area contributed by atoms with Crippen molar-refractivity contribution in [3.05, 3.63) is 76.4 Å². The van der Waals surface area contributed by atoms with Crippen LogP contribution in [-0.2, 0) is 36.5 Å². The standard InChI is InChI=1S/C24H21F6N5O.CH2O2/c1-34-12-32-33-20(34)19(25)22(10-23(26,27)11-22)14-3-2-4-15(7-14)35-9-17-16(21(35)36)5-13(8-31)6-18(17)24(28,29)30;2-1-3/h2-7,12,19H,8-11,31H2,1H3;1H,(H,2,3)/t19-;/m1./s1. The summed E-state index contributed by atoms with van der Waals surface area (Å²) in [7, 11) is 1.50. The Balaban J connectivity index is 0.00000112. The van der Waals surface area contributed by atoms with Crippen molar-refractivity contribution >= 4 is 18.1 Å². The number of fused-ring (bicyclic) bond motifs is 1. The number of halogens is 6. The average molecular weight is 555 g/mol. The van der Waals surface area contributed by atoms with Crippen LogP contribution in [0.4, 0.5) is 32.0 Å². The third-order valence-corrected chi connectivity index (χ3v) is 6.98. The molecule has 208 valence electrons. The Bertz CT molecular complexity index is 1400. The van der Waals surface area contributed by atoms with Gasteiger partial charge >= 0.3 is 6.18 Å². The molecule has 1 aromatic heterocycles. The third-order valence-electron chi connectivity index (χ3n) is 6.98. The lowest BCUT2D eigenvalue weighted by Crippen LogP contribution is -2.52. The Morgan fingerprint density at radius 2 is 1.87 bits per heavy atom. The number of rotatable bonds is 5. The first-order valence-electron chi connectivity index (χ1n) is 11.6. The molecule has 3 N–H and O–H groups in total. The quantitative estimate of drug-likeness (QED) is 0.353. The molecular formula is C25H23F6N5O3. The fourth-order valence-electron chi connectivity index (χ4n) is 5.20. The van der Waals surface area contributed by atoms with Gasteiger partial charge in [0, 0.05) is 43.1 Å². The summed E-state index contributed by atoms with van der Waals surface area (Å²) >= 11 is 0. The second kappa shape index (κ2) is 9.98. The Morgan fingerprint density at radius 3 is 2.41 bits per heavy atom. The van der Waals surface area contributed by atoms with E-state index in [1.807, 2.05) is 0 Å². The molecular weight excluding hydrogens is 532 g/mol. The van der Waals surface area contributed by atoms with Gasteiger partial charge in [0.25, 0.3) is 12.4 Å². The number of nitrogens with zero attached hydrogens (tertiary/aromatic N) is 4. The zero-order valence-electron chi connectivity index (χ0n) is 20.4. The monoisotopic (exact) mass is 555 g/mol. The summed E-state index contributed by atoms with van der Waals surface area (Å²) in [6, 6.07) is 8.06. The fraction of sp³-hybridized carbons (Fsp3) is 0.360. The van der Waals surface area contributed by atoms with E-state index in [1.54, 1.807) is 0 Å². The van der Waals surface area contributed by atoms with Crippen molar-refractivity contribution in [2.75, 3.05) is 4.90 Å². The van der Waals surface area contributed by atoms with Crippen LogP contribution in [0.5, 0.6) is 0 Å². The van der Waals surface area contributed by atoms with E-state index in [2.05, 4.69) is 10.2 Å². The molecule has 1 atom stereocenters. The summed E-state index contributed by atoms with van der Waals surface area (Å²) in [6.07, 6.45) is -6.94. The molecule has 5 rings (SSSR count). The first kappa shape index (κ1) is 28.1. The number of anilines is 1. The molecule has 3 aromatic rings. The first-order chi connectivity index (χ1) is 18.3. The maximum atomic E-state index is 15.8. The Hall–Kier alpha value is -3.94. The molecule has 2 heterocycles. The maximum Gasteiger partial charge on any atom is 0.416 e. The lowest BCUT2D eigenvalue weighted by atomic mass is 9.59. The Labute approximate surface area is 218 Å². The highest BCUT2D eigenvalue weighted by atomic mass is 19.4. The van der Waals surface area contributed by atoms with Crippen molar-refractivity contribution < 1.29 is 41.0 Å². The third kappa shape index (κ3) is 4.95. The van der Waals surface area contributed by atoms with E-state index in [1.165, 1.54) is 48.3 Å². The minimum atomic E-state index is -4.70. The summed E-state index contributed by atoms with van der Waals surface area (Å²) < 4.78 is 86.4. The van der Waals surface area contributed by atoms with Crippen LogP contribution in [-0.4, -0.2) is 38.2 Å². The number of carbonyl (C=O) groups is 2. The molecule has 0 unspecified atom stereocenters. The predicted octanol–water partition coefficient (Wildman–Crippen LogP) is 4.53. The largest absolute Gasteiger partial charge is 0.483 e. The predicted molar refractivity (Wildman–Crippen MR) is 126 cm³/mol. The molecule has 0 bridgehead atoms. The van der Waals surface area contributed by atoms with Crippen molar-refractivity contribution in [2.24, 2.45) is 12.8 Å². The zero-order chi connectivity index (χ0) is 28.8. The number of nitrogens with two attached hydrogens (primary N) is 1.